The van der Waals surface area contributed by atoms with Crippen LogP contribution in [0.15, 0.2) is 12.1 Å². The largest absolute Gasteiger partial charge is 0.319 e. The molecule has 1 rings (SSSR count). The molecule has 0 fully saturated rings. The van der Waals surface area contributed by atoms with Gasteiger partial charge in [0.2, 0.25) is 0 Å². The number of nitrogens with one attached hydrogen (secondary N) is 1. The van der Waals surface area contributed by atoms with Gasteiger partial charge in [0, 0.05) is 11.6 Å². The summed E-state index contributed by atoms with van der Waals surface area (Å²) in [5, 5.41) is 14.0. The minimum atomic E-state index is -0.455. The molecular weight excluding hydrogens is 242 g/mol. The molecule has 1 aromatic heterocycles. The van der Waals surface area contributed by atoms with E-state index in [1.807, 2.05) is 13.1 Å². The normalized spacial score (nSPS) is 11.0. The average molecular weight is 256 g/mol. The number of aromatic nitrogens is 1. The first-order valence-corrected chi connectivity index (χ1v) is 5.56. The number of hydrogen-bond donors (Lipinski definition) is 1. The van der Waals surface area contributed by atoms with E-state index in [0.29, 0.717) is 11.3 Å². The average Bonchev–Trinajstić information content (AvgIpc) is 2.26. The smallest absolute Gasteiger partial charge is 0.291 e. The summed E-state index contributed by atoms with van der Waals surface area (Å²) in [7, 11) is 1.86. The molecule has 5 nitrogen and oxygen atoms in total. The molecule has 17 heavy (non-hydrogen) atoms. The van der Waals surface area contributed by atoms with Crippen LogP contribution < -0.4 is 5.32 Å². The second-order valence-electron chi connectivity index (χ2n) is 3.52. The number of hydrogen-bond acceptors (Lipinski definition) is 4. The Labute approximate surface area is 105 Å². The van der Waals surface area contributed by atoms with Gasteiger partial charge in [0.15, 0.2) is 0 Å². The highest BCUT2D eigenvalue weighted by molar-refractivity contribution is 6.30. The molecule has 0 unspecified atom stereocenters. The lowest BCUT2D eigenvalue weighted by Crippen LogP contribution is -2.05. The van der Waals surface area contributed by atoms with E-state index < -0.39 is 4.92 Å². The molecule has 1 aromatic rings. The predicted molar refractivity (Wildman–Crippen MR) is 68.2 cm³/mol. The van der Waals surface area contributed by atoms with Crippen molar-refractivity contribution < 1.29 is 4.92 Å². The van der Waals surface area contributed by atoms with Gasteiger partial charge in [-0.2, -0.15) is 0 Å². The van der Waals surface area contributed by atoms with Crippen molar-refractivity contribution >= 4 is 23.4 Å². The van der Waals surface area contributed by atoms with Crippen LogP contribution in [0.3, 0.4) is 0 Å². The second kappa shape index (κ2) is 6.32. The third-order valence-electron chi connectivity index (χ3n) is 2.22. The maximum absolute atomic E-state index is 10.7. The van der Waals surface area contributed by atoms with E-state index in [-0.39, 0.29) is 10.8 Å². The summed E-state index contributed by atoms with van der Waals surface area (Å²) in [6.45, 7) is 2.41. The van der Waals surface area contributed by atoms with Gasteiger partial charge in [-0.15, -0.1) is 0 Å². The minimum absolute atomic E-state index is 0.0114. The van der Waals surface area contributed by atoms with Crippen LogP contribution in [0, 0.1) is 17.0 Å². The van der Waals surface area contributed by atoms with E-state index >= 15 is 0 Å². The molecule has 0 saturated carbocycles. The van der Waals surface area contributed by atoms with Crippen molar-refractivity contribution in [2.75, 3.05) is 13.6 Å². The van der Waals surface area contributed by atoms with E-state index in [4.69, 9.17) is 11.6 Å². The molecule has 0 aromatic carbocycles. The lowest BCUT2D eigenvalue weighted by molar-refractivity contribution is -0.385. The van der Waals surface area contributed by atoms with Crippen molar-refractivity contribution in [1.29, 1.82) is 0 Å². The van der Waals surface area contributed by atoms with Crippen LogP contribution in [-0.4, -0.2) is 23.5 Å². The number of nitrogens with zero attached hydrogens (tertiary/aromatic N) is 2. The Bertz CT molecular complexity index is 447. The number of rotatable bonds is 5. The molecule has 0 bridgehead atoms. The zero-order chi connectivity index (χ0) is 12.8. The maximum Gasteiger partial charge on any atom is 0.291 e. The maximum atomic E-state index is 10.7. The fourth-order valence-corrected chi connectivity index (χ4v) is 1.56. The first kappa shape index (κ1) is 13.6. The van der Waals surface area contributed by atoms with Gasteiger partial charge < -0.3 is 5.32 Å². The standard InChI is InChI=1S/C11H14ClN3O2/c1-8-10(15(16)17)7-9(11(12)14-8)5-3-4-6-13-2/h3,5,7,13H,4,6H2,1-2H3. The molecule has 0 spiro atoms. The van der Waals surface area contributed by atoms with Crippen molar-refractivity contribution in [3.05, 3.63) is 38.7 Å². The molecule has 0 saturated heterocycles. The van der Waals surface area contributed by atoms with Crippen molar-refractivity contribution in [2.24, 2.45) is 0 Å². The minimum Gasteiger partial charge on any atom is -0.319 e. The van der Waals surface area contributed by atoms with Crippen LogP contribution in [0.1, 0.15) is 17.7 Å². The van der Waals surface area contributed by atoms with Crippen molar-refractivity contribution in [3.8, 4) is 0 Å². The zero-order valence-corrected chi connectivity index (χ0v) is 10.5. The van der Waals surface area contributed by atoms with Gasteiger partial charge >= 0.3 is 0 Å². The summed E-state index contributed by atoms with van der Waals surface area (Å²) in [6, 6.07) is 1.44. The Hall–Kier alpha value is -1.46. The Morgan fingerprint density at radius 1 is 1.65 bits per heavy atom. The van der Waals surface area contributed by atoms with Gasteiger partial charge in [-0.05, 0) is 26.9 Å². The van der Waals surface area contributed by atoms with Gasteiger partial charge in [0.05, 0.1) is 4.92 Å². The Morgan fingerprint density at radius 2 is 2.35 bits per heavy atom. The number of halogens is 1. The molecule has 0 aliphatic carbocycles. The quantitative estimate of drug-likeness (QED) is 0.380. The van der Waals surface area contributed by atoms with Crippen molar-refractivity contribution in [3.63, 3.8) is 0 Å². The van der Waals surface area contributed by atoms with Gasteiger partial charge in [-0.1, -0.05) is 23.8 Å². The van der Waals surface area contributed by atoms with Crippen molar-refractivity contribution in [1.82, 2.24) is 10.3 Å². The van der Waals surface area contributed by atoms with Crippen LogP contribution in [0.2, 0.25) is 5.15 Å². The van der Waals surface area contributed by atoms with E-state index in [0.717, 1.165) is 13.0 Å². The first-order valence-electron chi connectivity index (χ1n) is 5.19. The van der Waals surface area contributed by atoms with Crippen LogP contribution in [0.4, 0.5) is 5.69 Å². The van der Waals surface area contributed by atoms with Crippen LogP contribution in [-0.2, 0) is 0 Å². The third-order valence-corrected chi connectivity index (χ3v) is 2.52. The summed E-state index contributed by atoms with van der Waals surface area (Å²) in [6.07, 6.45) is 4.48. The molecule has 0 atom stereocenters. The SMILES string of the molecule is CNCCC=Cc1cc([N+](=O)[O-])c(C)nc1Cl. The monoisotopic (exact) mass is 255 g/mol. The Morgan fingerprint density at radius 3 is 2.94 bits per heavy atom. The predicted octanol–water partition coefficient (Wildman–Crippen LogP) is 2.57. The van der Waals surface area contributed by atoms with Crippen LogP contribution >= 0.6 is 11.6 Å². The molecular formula is C11H14ClN3O2. The summed E-state index contributed by atoms with van der Waals surface area (Å²) in [4.78, 5) is 14.2. The topological polar surface area (TPSA) is 68.1 Å². The lowest BCUT2D eigenvalue weighted by atomic mass is 10.2. The first-order chi connectivity index (χ1) is 8.06. The molecule has 1 heterocycles. The van der Waals surface area contributed by atoms with E-state index in [9.17, 15) is 10.1 Å². The van der Waals surface area contributed by atoms with Gasteiger partial charge in [0.25, 0.3) is 5.69 Å². The molecule has 1 N–H and O–H groups in total. The van der Waals surface area contributed by atoms with Gasteiger partial charge in [-0.3, -0.25) is 10.1 Å². The molecule has 6 heteroatoms. The summed E-state index contributed by atoms with van der Waals surface area (Å²) in [5.74, 6) is 0. The molecule has 92 valence electrons. The van der Waals surface area contributed by atoms with E-state index in [2.05, 4.69) is 10.3 Å². The van der Waals surface area contributed by atoms with E-state index in [1.54, 1.807) is 13.0 Å². The number of pyridine rings is 1. The highest BCUT2D eigenvalue weighted by atomic mass is 35.5. The fourth-order valence-electron chi connectivity index (χ4n) is 1.32. The summed E-state index contributed by atoms with van der Waals surface area (Å²) in [5.41, 5.74) is 0.884. The van der Waals surface area contributed by atoms with E-state index in [1.165, 1.54) is 6.07 Å². The number of nitro groups is 1. The highest BCUT2D eigenvalue weighted by Gasteiger charge is 2.14. The third kappa shape index (κ3) is 3.80. The molecule has 0 radical (unpaired) electrons. The summed E-state index contributed by atoms with van der Waals surface area (Å²) >= 11 is 5.92. The zero-order valence-electron chi connectivity index (χ0n) is 9.74. The van der Waals surface area contributed by atoms with Crippen molar-refractivity contribution in [2.45, 2.75) is 13.3 Å². The Balaban J connectivity index is 2.95. The van der Waals surface area contributed by atoms with Gasteiger partial charge in [0.1, 0.15) is 10.8 Å². The van der Waals surface area contributed by atoms with Gasteiger partial charge in [-0.25, -0.2) is 4.98 Å². The number of aryl methyl sites for hydroxylation is 1. The molecule has 0 amide bonds. The second-order valence-corrected chi connectivity index (χ2v) is 3.88. The highest BCUT2D eigenvalue weighted by Crippen LogP contribution is 2.24. The molecule has 0 aliphatic heterocycles. The molecule has 0 aliphatic rings. The van der Waals surface area contributed by atoms with Crippen LogP contribution in [0.5, 0.6) is 0 Å². The Kier molecular flexibility index (Phi) is 5.06. The lowest BCUT2D eigenvalue weighted by Gasteiger charge is -2.01. The fraction of sp³-hybridized carbons (Fsp3) is 0.364. The summed E-state index contributed by atoms with van der Waals surface area (Å²) < 4.78 is 0. The van der Waals surface area contributed by atoms with Crippen LogP contribution in [0.25, 0.3) is 6.08 Å².